The number of alkyl halides is 24. The lowest BCUT2D eigenvalue weighted by Crippen LogP contribution is -2.12. The van der Waals surface area contributed by atoms with Gasteiger partial charge < -0.3 is 9.13 Å². The average molecular weight is 1360 g/mol. The fourth-order valence-corrected chi connectivity index (χ4v) is 11.9. The molecule has 12 rings (SSSR count). The predicted molar refractivity (Wildman–Crippen MR) is 305 cm³/mol. The molecule has 0 unspecified atom stereocenters. The van der Waals surface area contributed by atoms with Gasteiger partial charge in [0, 0.05) is 45.1 Å². The molecule has 0 aliphatic rings. The Morgan fingerprint density at radius 3 is 0.802 bits per heavy atom. The highest BCUT2D eigenvalue weighted by molar-refractivity contribution is 6.14. The fraction of sp³-hybridized carbons (Fsp3) is 0.118. The van der Waals surface area contributed by atoms with Crippen molar-refractivity contribution in [2.24, 2.45) is 0 Å². The Morgan fingerprint density at radius 1 is 0.281 bits per heavy atom. The summed E-state index contributed by atoms with van der Waals surface area (Å²) in [7, 11) is 0. The highest BCUT2D eigenvalue weighted by atomic mass is 19.4. The highest BCUT2D eigenvalue weighted by Gasteiger charge is 2.43. The van der Waals surface area contributed by atoms with Crippen LogP contribution in [0.5, 0.6) is 0 Å². The van der Waals surface area contributed by atoms with Crippen molar-refractivity contribution in [1.29, 1.82) is 5.26 Å². The Labute approximate surface area is 521 Å². The number of halogens is 24. The van der Waals surface area contributed by atoms with Gasteiger partial charge in [0.2, 0.25) is 0 Å². The summed E-state index contributed by atoms with van der Waals surface area (Å²) in [5.41, 5.74) is -20.5. The molecule has 0 aliphatic heterocycles. The summed E-state index contributed by atoms with van der Waals surface area (Å²) in [5.74, 6) is 0. The van der Waals surface area contributed by atoms with E-state index in [0.29, 0.717) is 48.5 Å². The molecule has 96 heavy (non-hydrogen) atoms. The lowest BCUT2D eigenvalue weighted by molar-refractivity contribution is -0.144. The summed E-state index contributed by atoms with van der Waals surface area (Å²) >= 11 is 0. The van der Waals surface area contributed by atoms with Gasteiger partial charge in [-0.2, -0.15) is 111 Å². The Hall–Kier alpha value is -10.5. The molecule has 0 radical (unpaired) electrons. The Bertz CT molecular complexity index is 4910. The normalized spacial score (nSPS) is 13.2. The van der Waals surface area contributed by atoms with Gasteiger partial charge in [-0.15, -0.1) is 0 Å². The molecular formula is C68H30F24N4. The third-order valence-corrected chi connectivity index (χ3v) is 16.1. The zero-order valence-electron chi connectivity index (χ0n) is 47.2. The number of hydrogen-bond donors (Lipinski definition) is 0. The van der Waals surface area contributed by atoms with Crippen molar-refractivity contribution in [3.05, 3.63) is 232 Å². The van der Waals surface area contributed by atoms with Crippen LogP contribution in [0.1, 0.15) is 50.1 Å². The number of hydrogen-bond acceptors (Lipinski definition) is 2. The van der Waals surface area contributed by atoms with Crippen molar-refractivity contribution in [2.45, 2.75) is 49.4 Å². The molecule has 0 saturated carbocycles. The number of aromatic nitrogens is 3. The van der Waals surface area contributed by atoms with Crippen LogP contribution in [0.4, 0.5) is 105 Å². The molecule has 0 spiro atoms. The van der Waals surface area contributed by atoms with E-state index in [-0.39, 0.29) is 95.9 Å². The molecule has 0 N–H and O–H groups in total. The molecule has 28 heteroatoms. The van der Waals surface area contributed by atoms with Gasteiger partial charge >= 0.3 is 49.4 Å². The number of benzene rings is 9. The maximum Gasteiger partial charge on any atom is 0.417 e. The van der Waals surface area contributed by atoms with Crippen molar-refractivity contribution in [2.75, 3.05) is 0 Å². The predicted octanol–water partition coefficient (Wildman–Crippen LogP) is 23.6. The van der Waals surface area contributed by atoms with Gasteiger partial charge in [0.05, 0.1) is 89.6 Å². The first-order valence-corrected chi connectivity index (χ1v) is 27.4. The van der Waals surface area contributed by atoms with Gasteiger partial charge in [-0.3, -0.25) is 4.98 Å². The molecule has 490 valence electrons. The smallest absolute Gasteiger partial charge is 0.307 e. The largest absolute Gasteiger partial charge is 0.417 e. The molecule has 4 nitrogen and oxygen atoms in total. The molecule has 0 bridgehead atoms. The van der Waals surface area contributed by atoms with Crippen LogP contribution < -0.4 is 0 Å². The average Bonchev–Trinajstić information content (AvgIpc) is 1.55. The van der Waals surface area contributed by atoms with Crippen LogP contribution >= 0.6 is 0 Å². The minimum Gasteiger partial charge on any atom is -0.307 e. The maximum absolute atomic E-state index is 14.9. The van der Waals surface area contributed by atoms with Crippen molar-refractivity contribution in [3.8, 4) is 73.1 Å². The first kappa shape index (κ1) is 65.6. The van der Waals surface area contributed by atoms with Crippen LogP contribution in [-0.4, -0.2) is 14.1 Å². The maximum atomic E-state index is 14.9. The number of nitriles is 1. The van der Waals surface area contributed by atoms with Gasteiger partial charge in [0.25, 0.3) is 0 Å². The van der Waals surface area contributed by atoms with Crippen LogP contribution in [0.25, 0.3) is 111 Å². The highest BCUT2D eigenvalue weighted by Crippen LogP contribution is 2.50. The fourth-order valence-electron chi connectivity index (χ4n) is 11.9. The summed E-state index contributed by atoms with van der Waals surface area (Å²) in [6.45, 7) is 0. The summed E-state index contributed by atoms with van der Waals surface area (Å²) in [5, 5.41) is 10.1. The van der Waals surface area contributed by atoms with Gasteiger partial charge in [-0.1, -0.05) is 54.6 Å². The first-order valence-electron chi connectivity index (χ1n) is 27.4. The zero-order chi connectivity index (χ0) is 69.5. The van der Waals surface area contributed by atoms with Crippen molar-refractivity contribution >= 4 is 43.6 Å². The van der Waals surface area contributed by atoms with Gasteiger partial charge in [0.1, 0.15) is 0 Å². The van der Waals surface area contributed by atoms with E-state index in [1.807, 2.05) is 6.07 Å². The topological polar surface area (TPSA) is 46.5 Å². The quantitative estimate of drug-likeness (QED) is 0.149. The molecule has 0 saturated heterocycles. The minimum absolute atomic E-state index is 0.0149. The third kappa shape index (κ3) is 11.8. The Morgan fingerprint density at radius 2 is 0.562 bits per heavy atom. The van der Waals surface area contributed by atoms with E-state index in [9.17, 15) is 111 Å². The van der Waals surface area contributed by atoms with E-state index in [2.05, 4.69) is 4.98 Å². The molecule has 0 amide bonds. The standard InChI is InChI=1S/C68H30F24N4/c69-61(70,71)38-7-11-42(51(25-38)65(81,82)83)32-3-15-55-47(20-32)48-21-33(43-12-8-39(62(72,73)74)26-52(43)66(84,85)86)4-16-56(48)95(55)59-24-37(30-93)46(36-2-1-19-94-31-36)29-60(59)96-57-17-5-34(44-13-9-40(63(75,76)77)27-53(44)67(87,88)89)22-49(57)50-23-35(6-18-58(50)96)45-14-10-41(64(78,79)80)28-54(45)68(90,91)92/h1-29,31H. The van der Waals surface area contributed by atoms with E-state index < -0.39 is 138 Å². The lowest BCUT2D eigenvalue weighted by atomic mass is 9.94. The summed E-state index contributed by atoms with van der Waals surface area (Å²) in [4.78, 5) is 4.13. The van der Waals surface area contributed by atoms with Crippen molar-refractivity contribution in [1.82, 2.24) is 14.1 Å². The van der Waals surface area contributed by atoms with Crippen LogP contribution in [0.15, 0.2) is 182 Å². The number of rotatable bonds is 7. The molecule has 12 aromatic rings. The monoisotopic (exact) mass is 1360 g/mol. The van der Waals surface area contributed by atoms with E-state index in [1.54, 1.807) is 0 Å². The van der Waals surface area contributed by atoms with Crippen LogP contribution in [0, 0.1) is 11.3 Å². The van der Waals surface area contributed by atoms with Gasteiger partial charge in [0.15, 0.2) is 0 Å². The molecule has 0 aliphatic carbocycles. The molecule has 0 atom stereocenters. The van der Waals surface area contributed by atoms with Gasteiger partial charge in [-0.05, 0) is 160 Å². The summed E-state index contributed by atoms with van der Waals surface area (Å²) < 4.78 is 350. The van der Waals surface area contributed by atoms with Crippen LogP contribution in [0.2, 0.25) is 0 Å². The minimum atomic E-state index is -5.50. The van der Waals surface area contributed by atoms with Crippen LogP contribution in [-0.2, 0) is 49.4 Å². The molecule has 9 aromatic carbocycles. The van der Waals surface area contributed by atoms with E-state index in [1.165, 1.54) is 45.8 Å². The Kier molecular flexibility index (Phi) is 15.3. The molecular weight excluding hydrogens is 1330 g/mol. The Balaban J connectivity index is 1.22. The van der Waals surface area contributed by atoms with Crippen molar-refractivity contribution < 1.29 is 105 Å². The second-order valence-corrected chi connectivity index (χ2v) is 21.9. The van der Waals surface area contributed by atoms with Gasteiger partial charge in [-0.25, -0.2) is 0 Å². The number of nitrogens with zero attached hydrogens (tertiary/aromatic N) is 4. The zero-order valence-corrected chi connectivity index (χ0v) is 47.2. The summed E-state index contributed by atoms with van der Waals surface area (Å²) in [6.07, 6.45) is -40.6. The SMILES string of the molecule is N#Cc1cc(-n2c3ccc(-c4ccc(C(F)(F)F)cc4C(F)(F)F)cc3c3cc(-c4ccc(C(F)(F)F)cc4C(F)(F)F)ccc32)c(-n2c3ccc(-c4ccc(C(F)(F)F)cc4C(F)(F)F)cc3c3cc(-c4ccc(C(F)(F)F)cc4C(F)(F)F)ccc32)cc1-c1cccnc1. The molecule has 3 heterocycles. The van der Waals surface area contributed by atoms with Crippen molar-refractivity contribution in [3.63, 3.8) is 0 Å². The second kappa shape index (κ2) is 22.3. The third-order valence-electron chi connectivity index (χ3n) is 16.1. The lowest BCUT2D eigenvalue weighted by Gasteiger charge is -2.20. The summed E-state index contributed by atoms with van der Waals surface area (Å²) in [6, 6.07) is 22.9. The van der Waals surface area contributed by atoms with Crippen LogP contribution in [0.3, 0.4) is 0 Å². The number of pyridine rings is 1. The van der Waals surface area contributed by atoms with E-state index >= 15 is 0 Å². The van der Waals surface area contributed by atoms with E-state index in [4.69, 9.17) is 0 Å². The van der Waals surface area contributed by atoms with E-state index in [0.717, 1.165) is 72.8 Å². The molecule has 3 aromatic heterocycles. The second-order valence-electron chi connectivity index (χ2n) is 21.9. The first-order chi connectivity index (χ1) is 44.6. The molecule has 0 fully saturated rings. The number of fused-ring (bicyclic) bond motifs is 6.